The number of ether oxygens (including phenoxy) is 2. The third kappa shape index (κ3) is 6.64. The van der Waals surface area contributed by atoms with Crippen LogP contribution in [-0.2, 0) is 23.8 Å². The van der Waals surface area contributed by atoms with Crippen LogP contribution in [0.4, 0.5) is 13.2 Å². The first-order valence-electron chi connectivity index (χ1n) is 12.7. The monoisotopic (exact) mass is 514 g/mol. The molecule has 0 aliphatic carbocycles. The lowest BCUT2D eigenvalue weighted by Gasteiger charge is -2.25. The molecule has 2 heterocycles. The third-order valence-electron chi connectivity index (χ3n) is 6.57. The maximum absolute atomic E-state index is 14.1. The lowest BCUT2D eigenvalue weighted by Crippen LogP contribution is -2.44. The summed E-state index contributed by atoms with van der Waals surface area (Å²) in [5.41, 5.74) is 7.10. The average Bonchev–Trinajstić information content (AvgIpc) is 3.25. The van der Waals surface area contributed by atoms with Crippen molar-refractivity contribution in [3.63, 3.8) is 0 Å². The molecule has 9 heteroatoms. The summed E-state index contributed by atoms with van der Waals surface area (Å²) in [5, 5.41) is 7.82. The molecule has 0 radical (unpaired) electrons. The van der Waals surface area contributed by atoms with Crippen LogP contribution in [0.2, 0.25) is 0 Å². The van der Waals surface area contributed by atoms with Crippen LogP contribution in [0.25, 0.3) is 5.70 Å². The van der Waals surface area contributed by atoms with E-state index in [0.717, 1.165) is 30.6 Å². The molecule has 2 aromatic rings. The van der Waals surface area contributed by atoms with Gasteiger partial charge < -0.3 is 20.1 Å². The lowest BCUT2D eigenvalue weighted by atomic mass is 9.96. The van der Waals surface area contributed by atoms with Gasteiger partial charge in [-0.2, -0.15) is 13.2 Å². The van der Waals surface area contributed by atoms with Gasteiger partial charge in [0.1, 0.15) is 11.8 Å². The molecule has 0 aromatic heterocycles. The zero-order valence-electron chi connectivity index (χ0n) is 21.0. The van der Waals surface area contributed by atoms with E-state index in [1.165, 1.54) is 6.07 Å². The van der Waals surface area contributed by atoms with E-state index < -0.39 is 11.7 Å². The molecule has 0 saturated carbocycles. The molecular formula is C28H33F3N4O2. The summed E-state index contributed by atoms with van der Waals surface area (Å²) in [6.07, 6.45) is 1.06. The van der Waals surface area contributed by atoms with E-state index in [1.54, 1.807) is 23.1 Å². The van der Waals surface area contributed by atoms with Crippen LogP contribution in [0.1, 0.15) is 54.9 Å². The van der Waals surface area contributed by atoms with Crippen molar-refractivity contribution in [3.8, 4) is 5.75 Å². The number of nitrogens with zero attached hydrogens (tertiary/aromatic N) is 2. The minimum atomic E-state index is -4.49. The molecule has 1 fully saturated rings. The quantitative estimate of drug-likeness (QED) is 0.345. The van der Waals surface area contributed by atoms with Crippen molar-refractivity contribution >= 4 is 17.6 Å². The number of benzene rings is 2. The SMILES string of the molecule is CCCOc1ccc(CCc2ccc(C3=CCCOC([C@@H]4CCCN4C(=N)N)=N3)cc2C(F)(F)F)cc1. The number of nitrogens with one attached hydrogen (secondary N) is 1. The zero-order valence-corrected chi connectivity index (χ0v) is 21.0. The Morgan fingerprint density at radius 3 is 2.68 bits per heavy atom. The normalized spacial score (nSPS) is 18.1. The zero-order chi connectivity index (χ0) is 26.4. The minimum Gasteiger partial charge on any atom is -0.494 e. The Balaban J connectivity index is 1.55. The standard InChI is InChI=1S/C28H33F3N4O2/c1-2-16-36-22-13-8-19(9-14-22)7-10-20-11-12-21(18-23(20)28(29,30)31)24-5-4-17-37-26(34-24)25-6-3-15-35(25)27(32)33/h5,8-9,11-14,18,25H,2-4,6-7,10,15-17H2,1H3,(H3,32,33)/t25-/m0/s1. The largest absolute Gasteiger partial charge is 0.494 e. The van der Waals surface area contributed by atoms with E-state index in [1.807, 2.05) is 31.2 Å². The molecule has 1 saturated heterocycles. The average molecular weight is 515 g/mol. The van der Waals surface area contributed by atoms with Gasteiger partial charge in [0.15, 0.2) is 5.96 Å². The van der Waals surface area contributed by atoms with Gasteiger partial charge in [-0.1, -0.05) is 37.3 Å². The molecule has 37 heavy (non-hydrogen) atoms. The first kappa shape index (κ1) is 26.6. The third-order valence-corrected chi connectivity index (χ3v) is 6.57. The van der Waals surface area contributed by atoms with Crippen LogP contribution in [0, 0.1) is 5.41 Å². The van der Waals surface area contributed by atoms with Crippen molar-refractivity contribution in [3.05, 3.63) is 70.8 Å². The van der Waals surface area contributed by atoms with Crippen molar-refractivity contribution < 1.29 is 22.6 Å². The van der Waals surface area contributed by atoms with Crippen molar-refractivity contribution in [2.45, 2.75) is 57.7 Å². The number of hydrogen-bond donors (Lipinski definition) is 2. The fraction of sp³-hybridized carbons (Fsp3) is 0.429. The summed E-state index contributed by atoms with van der Waals surface area (Å²) < 4.78 is 53.7. The fourth-order valence-electron chi connectivity index (χ4n) is 4.69. The van der Waals surface area contributed by atoms with E-state index in [4.69, 9.17) is 20.6 Å². The maximum Gasteiger partial charge on any atom is 0.416 e. The van der Waals surface area contributed by atoms with Gasteiger partial charge in [0.2, 0.25) is 5.90 Å². The Bertz CT molecular complexity index is 1160. The van der Waals surface area contributed by atoms with Gasteiger partial charge in [-0.15, -0.1) is 0 Å². The summed E-state index contributed by atoms with van der Waals surface area (Å²) in [4.78, 5) is 6.34. The Labute approximate surface area is 215 Å². The number of alkyl halides is 3. The van der Waals surface area contributed by atoms with Gasteiger partial charge >= 0.3 is 6.18 Å². The highest BCUT2D eigenvalue weighted by molar-refractivity contribution is 5.92. The number of rotatable bonds is 8. The molecule has 2 aliphatic heterocycles. The predicted octanol–water partition coefficient (Wildman–Crippen LogP) is 5.80. The van der Waals surface area contributed by atoms with Crippen LogP contribution < -0.4 is 10.5 Å². The second kappa shape index (κ2) is 11.7. The number of hydrogen-bond acceptors (Lipinski definition) is 4. The molecule has 3 N–H and O–H groups in total. The number of aryl methyl sites for hydroxylation is 2. The smallest absolute Gasteiger partial charge is 0.416 e. The number of halogens is 3. The molecule has 0 amide bonds. The highest BCUT2D eigenvalue weighted by Gasteiger charge is 2.35. The molecular weight excluding hydrogens is 481 g/mol. The predicted molar refractivity (Wildman–Crippen MR) is 139 cm³/mol. The molecule has 2 aromatic carbocycles. The molecule has 0 spiro atoms. The fourth-order valence-corrected chi connectivity index (χ4v) is 4.69. The summed E-state index contributed by atoms with van der Waals surface area (Å²) in [7, 11) is 0. The van der Waals surface area contributed by atoms with E-state index >= 15 is 0 Å². The van der Waals surface area contributed by atoms with Crippen LogP contribution in [0.5, 0.6) is 5.75 Å². The van der Waals surface area contributed by atoms with Gasteiger partial charge in [0.05, 0.1) is 24.5 Å². The highest BCUT2D eigenvalue weighted by atomic mass is 19.4. The van der Waals surface area contributed by atoms with Crippen molar-refractivity contribution in [2.75, 3.05) is 19.8 Å². The van der Waals surface area contributed by atoms with Gasteiger partial charge in [0, 0.05) is 18.5 Å². The lowest BCUT2D eigenvalue weighted by molar-refractivity contribution is -0.138. The summed E-state index contributed by atoms with van der Waals surface area (Å²) in [6.45, 7) is 3.66. The summed E-state index contributed by atoms with van der Waals surface area (Å²) >= 11 is 0. The number of nitrogens with two attached hydrogens (primary N) is 1. The molecule has 0 unspecified atom stereocenters. The van der Waals surface area contributed by atoms with Crippen LogP contribution >= 0.6 is 0 Å². The van der Waals surface area contributed by atoms with Crippen LogP contribution in [0.3, 0.4) is 0 Å². The Hall–Kier alpha value is -3.49. The molecule has 4 rings (SSSR count). The van der Waals surface area contributed by atoms with E-state index in [9.17, 15) is 13.2 Å². The molecule has 1 atom stereocenters. The van der Waals surface area contributed by atoms with E-state index in [0.29, 0.717) is 49.8 Å². The second-order valence-electron chi connectivity index (χ2n) is 9.28. The van der Waals surface area contributed by atoms with Crippen LogP contribution in [-0.4, -0.2) is 42.6 Å². The molecule has 2 aliphatic rings. The van der Waals surface area contributed by atoms with Crippen molar-refractivity contribution in [1.29, 1.82) is 5.41 Å². The van der Waals surface area contributed by atoms with Gasteiger partial charge in [-0.05, 0) is 61.4 Å². The molecule has 198 valence electrons. The second-order valence-corrected chi connectivity index (χ2v) is 9.28. The van der Waals surface area contributed by atoms with Gasteiger partial charge in [-0.25, -0.2) is 4.99 Å². The topological polar surface area (TPSA) is 83.9 Å². The molecule has 6 nitrogen and oxygen atoms in total. The van der Waals surface area contributed by atoms with E-state index in [2.05, 4.69) is 4.99 Å². The number of likely N-dealkylation sites (tertiary alicyclic amines) is 1. The Kier molecular flexibility index (Phi) is 8.41. The van der Waals surface area contributed by atoms with Gasteiger partial charge in [0.25, 0.3) is 0 Å². The number of guanidine groups is 1. The first-order valence-corrected chi connectivity index (χ1v) is 12.7. The Morgan fingerprint density at radius 2 is 1.97 bits per heavy atom. The number of aliphatic imine (C=N–C) groups is 1. The van der Waals surface area contributed by atoms with Crippen molar-refractivity contribution in [1.82, 2.24) is 4.90 Å². The van der Waals surface area contributed by atoms with Crippen LogP contribution in [0.15, 0.2) is 53.5 Å². The van der Waals surface area contributed by atoms with E-state index in [-0.39, 0.29) is 24.0 Å². The highest BCUT2D eigenvalue weighted by Crippen LogP contribution is 2.35. The van der Waals surface area contributed by atoms with Gasteiger partial charge in [-0.3, -0.25) is 5.41 Å². The Morgan fingerprint density at radius 1 is 1.19 bits per heavy atom. The maximum atomic E-state index is 14.1. The first-order chi connectivity index (χ1) is 17.8. The molecule has 0 bridgehead atoms. The minimum absolute atomic E-state index is 0.0598. The van der Waals surface area contributed by atoms with Crippen molar-refractivity contribution in [2.24, 2.45) is 10.7 Å². The summed E-state index contributed by atoms with van der Waals surface area (Å²) in [5.74, 6) is 1.10. The summed E-state index contributed by atoms with van der Waals surface area (Å²) in [6, 6.07) is 11.7.